The highest BCUT2D eigenvalue weighted by Crippen LogP contribution is 2.48. The minimum Gasteiger partial charge on any atom is -0.458 e. The molecule has 0 spiro atoms. The molecule has 0 radical (unpaired) electrons. The van der Waals surface area contributed by atoms with Crippen molar-refractivity contribution in [2.24, 2.45) is 11.8 Å². The van der Waals surface area contributed by atoms with Crippen LogP contribution in [0.25, 0.3) is 0 Å². The van der Waals surface area contributed by atoms with Gasteiger partial charge in [0.15, 0.2) is 9.84 Å². The molecule has 10 heteroatoms. The Morgan fingerprint density at radius 1 is 1.02 bits per heavy atom. The lowest BCUT2D eigenvalue weighted by Crippen LogP contribution is -2.48. The first-order valence-corrected chi connectivity index (χ1v) is 17.6. The molecule has 1 atom stereocenters. The van der Waals surface area contributed by atoms with E-state index in [-0.39, 0.29) is 23.7 Å². The molecule has 1 unspecified atom stereocenters. The van der Waals surface area contributed by atoms with Gasteiger partial charge in [-0.15, -0.1) is 0 Å². The number of fused-ring (bicyclic) bond motifs is 2. The molecule has 230 valence electrons. The van der Waals surface area contributed by atoms with Gasteiger partial charge in [0.05, 0.1) is 16.3 Å². The fourth-order valence-corrected chi connectivity index (χ4v) is 7.22. The first kappa shape index (κ1) is 32.4. The molecule has 2 aromatic rings. The number of hydrogen-bond donors (Lipinski definition) is 1. The predicted octanol–water partition coefficient (Wildman–Crippen LogP) is 5.67. The lowest BCUT2D eigenvalue weighted by Gasteiger charge is -2.35. The Balaban J connectivity index is 1.33. The Morgan fingerprint density at radius 3 is 2.33 bits per heavy atom. The van der Waals surface area contributed by atoms with Crippen LogP contribution in [0.2, 0.25) is 0 Å². The number of nitrogens with zero attached hydrogens (tertiary/aromatic N) is 2. The van der Waals surface area contributed by atoms with E-state index in [1.807, 2.05) is 52.8 Å². The third-order valence-electron chi connectivity index (χ3n) is 7.55. The van der Waals surface area contributed by atoms with E-state index in [1.54, 1.807) is 23.9 Å². The topological polar surface area (TPSA) is 96.0 Å². The molecule has 1 N–H and O–H groups in total. The molecule has 4 rings (SSSR count). The monoisotopic (exact) mass is 615 g/mol. The second kappa shape index (κ2) is 13.4. The van der Waals surface area contributed by atoms with Gasteiger partial charge in [0, 0.05) is 28.5 Å². The van der Waals surface area contributed by atoms with E-state index in [2.05, 4.69) is 27.2 Å². The summed E-state index contributed by atoms with van der Waals surface area (Å²) in [6.07, 6.45) is 4.19. The minimum absolute atomic E-state index is 0.0631. The normalized spacial score (nSPS) is 17.0. The minimum atomic E-state index is -3.32. The number of hydrogen-bond acceptors (Lipinski definition) is 8. The molecule has 1 saturated heterocycles. The number of carbonyl (C=O) groups is 2. The molecule has 0 aromatic heterocycles. The number of para-hydroxylation sites is 1. The van der Waals surface area contributed by atoms with E-state index in [0.717, 1.165) is 66.6 Å². The van der Waals surface area contributed by atoms with Crippen molar-refractivity contribution in [3.8, 4) is 0 Å². The number of amides is 1. The average Bonchev–Trinajstić information content (AvgIpc) is 2.90. The van der Waals surface area contributed by atoms with Crippen molar-refractivity contribution in [1.29, 1.82) is 0 Å². The SMILES string of the molecule is CC(C)CC(NC(=O)C1CCN(CCCN2c3ccccc3Sc3ccc(S(C)(=O)=O)cc32)CC1)C(=O)OC(C)(C)C. The summed E-state index contributed by atoms with van der Waals surface area (Å²) < 4.78 is 30.1. The van der Waals surface area contributed by atoms with Gasteiger partial charge in [-0.3, -0.25) is 4.79 Å². The van der Waals surface area contributed by atoms with Crippen LogP contribution in [0.15, 0.2) is 57.2 Å². The number of benzene rings is 2. The fraction of sp³-hybridized carbons (Fsp3) is 0.562. The third kappa shape index (κ3) is 8.51. The highest BCUT2D eigenvalue weighted by atomic mass is 32.2. The number of nitrogens with one attached hydrogen (secondary N) is 1. The summed E-state index contributed by atoms with van der Waals surface area (Å²) in [6.45, 7) is 12.9. The van der Waals surface area contributed by atoms with Gasteiger partial charge in [0.2, 0.25) is 5.91 Å². The van der Waals surface area contributed by atoms with Crippen molar-refractivity contribution in [2.45, 2.75) is 86.6 Å². The number of rotatable bonds is 10. The van der Waals surface area contributed by atoms with Crippen LogP contribution in [-0.4, -0.2) is 69.3 Å². The molecule has 0 bridgehead atoms. The average molecular weight is 616 g/mol. The molecule has 1 amide bonds. The highest BCUT2D eigenvalue weighted by Gasteiger charge is 2.32. The number of piperidine rings is 1. The summed E-state index contributed by atoms with van der Waals surface area (Å²) in [5, 5.41) is 2.99. The molecular weight excluding hydrogens is 571 g/mol. The van der Waals surface area contributed by atoms with Gasteiger partial charge >= 0.3 is 5.97 Å². The largest absolute Gasteiger partial charge is 0.458 e. The standard InChI is InChI=1S/C32H45N3O5S2/c1-22(2)20-25(31(37)40-32(3,4)5)33-30(36)23-14-18-34(19-15-23)16-9-17-35-26-10-7-8-11-28(26)41-29-13-12-24(21-27(29)35)42(6,38)39/h7-8,10-13,21-23,25H,9,14-20H2,1-6H3,(H,33,36). The maximum Gasteiger partial charge on any atom is 0.329 e. The predicted molar refractivity (Wildman–Crippen MR) is 168 cm³/mol. The number of likely N-dealkylation sites (tertiary alicyclic amines) is 1. The van der Waals surface area contributed by atoms with Crippen molar-refractivity contribution in [3.05, 3.63) is 42.5 Å². The van der Waals surface area contributed by atoms with E-state index in [9.17, 15) is 18.0 Å². The Morgan fingerprint density at radius 2 is 1.69 bits per heavy atom. The molecule has 42 heavy (non-hydrogen) atoms. The Bertz CT molecular complexity index is 1380. The van der Waals surface area contributed by atoms with E-state index in [0.29, 0.717) is 11.3 Å². The zero-order valence-corrected chi connectivity index (χ0v) is 27.3. The number of esters is 1. The van der Waals surface area contributed by atoms with Crippen LogP contribution in [0.5, 0.6) is 0 Å². The van der Waals surface area contributed by atoms with Crippen molar-refractivity contribution in [2.75, 3.05) is 37.3 Å². The molecule has 2 aliphatic rings. The number of anilines is 2. The second-order valence-corrected chi connectivity index (χ2v) is 15.9. The van der Waals surface area contributed by atoms with Gasteiger partial charge in [0.25, 0.3) is 0 Å². The van der Waals surface area contributed by atoms with Crippen LogP contribution in [0.4, 0.5) is 11.4 Å². The summed E-state index contributed by atoms with van der Waals surface area (Å²) in [4.78, 5) is 33.1. The first-order chi connectivity index (χ1) is 19.7. The Hall–Kier alpha value is -2.56. The van der Waals surface area contributed by atoms with E-state index < -0.39 is 21.5 Å². The summed E-state index contributed by atoms with van der Waals surface area (Å²) >= 11 is 1.67. The maximum atomic E-state index is 13.1. The highest BCUT2D eigenvalue weighted by molar-refractivity contribution is 7.99. The van der Waals surface area contributed by atoms with E-state index >= 15 is 0 Å². The van der Waals surface area contributed by atoms with Crippen LogP contribution in [0.3, 0.4) is 0 Å². The number of carbonyl (C=O) groups excluding carboxylic acids is 2. The lowest BCUT2D eigenvalue weighted by atomic mass is 9.94. The smallest absolute Gasteiger partial charge is 0.329 e. The fourth-order valence-electron chi connectivity index (χ4n) is 5.50. The van der Waals surface area contributed by atoms with Crippen LogP contribution in [-0.2, 0) is 24.2 Å². The zero-order chi connectivity index (χ0) is 30.7. The van der Waals surface area contributed by atoms with Crippen molar-refractivity contribution >= 4 is 44.9 Å². The second-order valence-electron chi connectivity index (χ2n) is 12.8. The zero-order valence-electron chi connectivity index (χ0n) is 25.7. The van der Waals surface area contributed by atoms with Crippen molar-refractivity contribution in [1.82, 2.24) is 10.2 Å². The van der Waals surface area contributed by atoms with Gasteiger partial charge in [-0.1, -0.05) is 37.7 Å². The van der Waals surface area contributed by atoms with Gasteiger partial charge < -0.3 is 19.9 Å². The van der Waals surface area contributed by atoms with Crippen molar-refractivity contribution in [3.63, 3.8) is 0 Å². The van der Waals surface area contributed by atoms with E-state index in [1.165, 1.54) is 6.26 Å². The van der Waals surface area contributed by atoms with Gasteiger partial charge in [0.1, 0.15) is 11.6 Å². The van der Waals surface area contributed by atoms with Crippen LogP contribution in [0, 0.1) is 11.8 Å². The molecule has 2 aromatic carbocycles. The van der Waals surface area contributed by atoms with E-state index in [4.69, 9.17) is 4.74 Å². The van der Waals surface area contributed by atoms with Crippen LogP contribution < -0.4 is 10.2 Å². The van der Waals surface area contributed by atoms with Gasteiger partial charge in [-0.2, -0.15) is 0 Å². The molecule has 1 fully saturated rings. The lowest BCUT2D eigenvalue weighted by molar-refractivity contribution is -0.159. The number of ether oxygens (including phenoxy) is 1. The Labute approximate surface area is 255 Å². The maximum absolute atomic E-state index is 13.1. The van der Waals surface area contributed by atoms with Gasteiger partial charge in [-0.05, 0) is 102 Å². The molecule has 0 saturated carbocycles. The first-order valence-electron chi connectivity index (χ1n) is 14.9. The quantitative estimate of drug-likeness (QED) is 0.342. The molecule has 2 heterocycles. The summed E-state index contributed by atoms with van der Waals surface area (Å²) in [5.74, 6) is -0.303. The molecule has 0 aliphatic carbocycles. The van der Waals surface area contributed by atoms with Crippen LogP contribution in [0.1, 0.15) is 60.3 Å². The summed E-state index contributed by atoms with van der Waals surface area (Å²) in [6, 6.07) is 13.0. The van der Waals surface area contributed by atoms with Gasteiger partial charge in [-0.25, -0.2) is 13.2 Å². The molecule has 8 nitrogen and oxygen atoms in total. The number of sulfone groups is 1. The summed E-state index contributed by atoms with van der Waals surface area (Å²) in [5.41, 5.74) is 1.42. The molecular formula is C32H45N3O5S2. The van der Waals surface area contributed by atoms with Crippen molar-refractivity contribution < 1.29 is 22.7 Å². The Kier molecular flexibility index (Phi) is 10.3. The van der Waals surface area contributed by atoms with Crippen LogP contribution >= 0.6 is 11.8 Å². The third-order valence-corrected chi connectivity index (χ3v) is 9.80. The summed E-state index contributed by atoms with van der Waals surface area (Å²) in [7, 11) is -3.32. The molecule has 2 aliphatic heterocycles.